The highest BCUT2D eigenvalue weighted by Crippen LogP contribution is 2.34. The molecule has 1 heterocycles. The zero-order valence-corrected chi connectivity index (χ0v) is 11.2. The van der Waals surface area contributed by atoms with E-state index in [2.05, 4.69) is 5.32 Å². The number of ether oxygens (including phenoxy) is 1. The van der Waals surface area contributed by atoms with Gasteiger partial charge in [0.1, 0.15) is 5.92 Å². The molecular formula is C14H14F3NO3. The van der Waals surface area contributed by atoms with Gasteiger partial charge in [0.25, 0.3) is 0 Å². The average molecular weight is 301 g/mol. The molecule has 0 unspecified atom stereocenters. The number of carbonyl (C=O) groups excluding carboxylic acids is 2. The molecule has 0 aromatic heterocycles. The summed E-state index contributed by atoms with van der Waals surface area (Å²) in [5, 5.41) is 2.49. The first-order valence-corrected chi connectivity index (χ1v) is 6.46. The summed E-state index contributed by atoms with van der Waals surface area (Å²) in [5.74, 6) is -2.99. The van der Waals surface area contributed by atoms with Crippen molar-refractivity contribution in [1.29, 1.82) is 0 Å². The molecule has 0 bridgehead atoms. The Kier molecular flexibility index (Phi) is 4.20. The molecule has 2 atom stereocenters. The van der Waals surface area contributed by atoms with E-state index in [-0.39, 0.29) is 13.2 Å². The molecule has 114 valence electrons. The van der Waals surface area contributed by atoms with Gasteiger partial charge in [0, 0.05) is 12.5 Å². The Balaban J connectivity index is 2.32. The first-order chi connectivity index (χ1) is 9.84. The molecule has 1 saturated heterocycles. The number of hydrogen-bond donors (Lipinski definition) is 1. The van der Waals surface area contributed by atoms with Gasteiger partial charge in [0.05, 0.1) is 12.2 Å². The van der Waals surface area contributed by atoms with E-state index in [0.717, 1.165) is 12.1 Å². The van der Waals surface area contributed by atoms with Gasteiger partial charge in [0.15, 0.2) is 0 Å². The molecule has 0 spiro atoms. The second kappa shape index (κ2) is 5.75. The van der Waals surface area contributed by atoms with Crippen LogP contribution in [-0.4, -0.2) is 25.0 Å². The lowest BCUT2D eigenvalue weighted by atomic mass is 9.87. The molecular weight excluding hydrogens is 287 g/mol. The third kappa shape index (κ3) is 3.17. The van der Waals surface area contributed by atoms with Crippen LogP contribution in [0.4, 0.5) is 13.2 Å². The number of benzene rings is 1. The van der Waals surface area contributed by atoms with Crippen LogP contribution in [0.1, 0.15) is 24.0 Å². The van der Waals surface area contributed by atoms with Crippen molar-refractivity contribution in [3.05, 3.63) is 35.4 Å². The van der Waals surface area contributed by atoms with Crippen molar-refractivity contribution in [3.63, 3.8) is 0 Å². The summed E-state index contributed by atoms with van der Waals surface area (Å²) < 4.78 is 43.0. The molecule has 0 aliphatic carbocycles. The Morgan fingerprint density at radius 1 is 1.43 bits per heavy atom. The van der Waals surface area contributed by atoms with Crippen molar-refractivity contribution in [1.82, 2.24) is 5.32 Å². The Labute approximate surface area is 119 Å². The van der Waals surface area contributed by atoms with Crippen molar-refractivity contribution < 1.29 is 27.5 Å². The highest BCUT2D eigenvalue weighted by molar-refractivity contribution is 6.00. The van der Waals surface area contributed by atoms with E-state index in [1.165, 1.54) is 12.1 Å². The molecule has 1 fully saturated rings. The van der Waals surface area contributed by atoms with Gasteiger partial charge < -0.3 is 10.1 Å². The van der Waals surface area contributed by atoms with E-state index in [4.69, 9.17) is 4.74 Å². The zero-order chi connectivity index (χ0) is 15.6. The predicted molar refractivity (Wildman–Crippen MR) is 67.3 cm³/mol. The van der Waals surface area contributed by atoms with Gasteiger partial charge in [-0.3, -0.25) is 9.59 Å². The van der Waals surface area contributed by atoms with E-state index in [0.29, 0.717) is 5.56 Å². The van der Waals surface area contributed by atoms with Crippen LogP contribution in [0.5, 0.6) is 0 Å². The van der Waals surface area contributed by atoms with Crippen LogP contribution in [0, 0.1) is 5.92 Å². The van der Waals surface area contributed by atoms with Crippen molar-refractivity contribution in [3.8, 4) is 0 Å². The molecule has 1 aromatic rings. The third-order valence-electron chi connectivity index (χ3n) is 3.36. The van der Waals surface area contributed by atoms with Gasteiger partial charge in [-0.1, -0.05) is 18.2 Å². The van der Waals surface area contributed by atoms with E-state index >= 15 is 0 Å². The smallest absolute Gasteiger partial charge is 0.416 e. The van der Waals surface area contributed by atoms with E-state index < -0.39 is 35.5 Å². The van der Waals surface area contributed by atoms with Crippen LogP contribution < -0.4 is 5.32 Å². The maximum atomic E-state index is 12.7. The largest absolute Gasteiger partial charge is 0.465 e. The maximum absolute atomic E-state index is 12.7. The molecule has 1 aliphatic rings. The van der Waals surface area contributed by atoms with E-state index in [9.17, 15) is 22.8 Å². The Bertz CT molecular complexity index is 557. The SMILES string of the molecule is CCOC(=O)[C@H]1C(=O)NC[C@@H]1c1cccc(C(F)(F)F)c1. The van der Waals surface area contributed by atoms with Crippen LogP contribution in [0.2, 0.25) is 0 Å². The molecule has 1 aromatic carbocycles. The molecule has 1 N–H and O–H groups in total. The number of halogens is 3. The predicted octanol–water partition coefficient (Wildman–Crippen LogP) is 2.10. The standard InChI is InChI=1S/C14H14F3NO3/c1-2-21-13(20)11-10(7-18-12(11)19)8-4-3-5-9(6-8)14(15,16)17/h3-6,10-11H,2,7H2,1H3,(H,18,19)/t10-,11-/m1/s1. The van der Waals surface area contributed by atoms with Crippen LogP contribution >= 0.6 is 0 Å². The number of hydrogen-bond acceptors (Lipinski definition) is 3. The summed E-state index contributed by atoms with van der Waals surface area (Å²) in [6, 6.07) is 4.67. The molecule has 2 rings (SSSR count). The third-order valence-corrected chi connectivity index (χ3v) is 3.36. The van der Waals surface area contributed by atoms with Crippen LogP contribution in [0.25, 0.3) is 0 Å². The lowest BCUT2D eigenvalue weighted by Gasteiger charge is -2.17. The summed E-state index contributed by atoms with van der Waals surface area (Å²) >= 11 is 0. The second-order valence-electron chi connectivity index (χ2n) is 4.70. The van der Waals surface area contributed by atoms with Crippen molar-refractivity contribution in [2.45, 2.75) is 19.0 Å². The van der Waals surface area contributed by atoms with Gasteiger partial charge in [-0.05, 0) is 18.6 Å². The summed E-state index contributed by atoms with van der Waals surface area (Å²) in [6.45, 7) is 1.82. The zero-order valence-electron chi connectivity index (χ0n) is 11.2. The number of alkyl halides is 3. The fourth-order valence-electron chi connectivity index (χ4n) is 2.38. The number of rotatable bonds is 3. The Hall–Kier alpha value is -2.05. The topological polar surface area (TPSA) is 55.4 Å². The molecule has 0 radical (unpaired) electrons. The minimum absolute atomic E-state index is 0.109. The lowest BCUT2D eigenvalue weighted by molar-refractivity contribution is -0.151. The van der Waals surface area contributed by atoms with Gasteiger partial charge in [-0.15, -0.1) is 0 Å². The van der Waals surface area contributed by atoms with Crippen molar-refractivity contribution >= 4 is 11.9 Å². The highest BCUT2D eigenvalue weighted by atomic mass is 19.4. The lowest BCUT2D eigenvalue weighted by Crippen LogP contribution is -2.29. The van der Waals surface area contributed by atoms with Crippen molar-refractivity contribution in [2.75, 3.05) is 13.2 Å². The number of esters is 1. The summed E-state index contributed by atoms with van der Waals surface area (Å²) in [5.41, 5.74) is -0.511. The molecule has 4 nitrogen and oxygen atoms in total. The Morgan fingerprint density at radius 2 is 2.14 bits per heavy atom. The van der Waals surface area contributed by atoms with Crippen LogP contribution in [0.3, 0.4) is 0 Å². The average Bonchev–Trinajstić information content (AvgIpc) is 2.80. The van der Waals surface area contributed by atoms with Gasteiger partial charge in [0.2, 0.25) is 5.91 Å². The van der Waals surface area contributed by atoms with Crippen LogP contribution in [0.15, 0.2) is 24.3 Å². The summed E-state index contributed by atoms with van der Waals surface area (Å²) in [6.07, 6.45) is -4.47. The number of amides is 1. The van der Waals surface area contributed by atoms with Gasteiger partial charge >= 0.3 is 12.1 Å². The minimum Gasteiger partial charge on any atom is -0.465 e. The molecule has 0 saturated carbocycles. The quantitative estimate of drug-likeness (QED) is 0.687. The Morgan fingerprint density at radius 3 is 2.76 bits per heavy atom. The van der Waals surface area contributed by atoms with Crippen LogP contribution in [-0.2, 0) is 20.5 Å². The molecule has 7 heteroatoms. The monoisotopic (exact) mass is 301 g/mol. The molecule has 1 aliphatic heterocycles. The maximum Gasteiger partial charge on any atom is 0.416 e. The van der Waals surface area contributed by atoms with Crippen molar-refractivity contribution in [2.24, 2.45) is 5.92 Å². The van der Waals surface area contributed by atoms with E-state index in [1.54, 1.807) is 6.92 Å². The molecule has 21 heavy (non-hydrogen) atoms. The van der Waals surface area contributed by atoms with Gasteiger partial charge in [-0.2, -0.15) is 13.2 Å². The number of carbonyl (C=O) groups is 2. The fraction of sp³-hybridized carbons (Fsp3) is 0.429. The normalized spacial score (nSPS) is 22.0. The molecule has 1 amide bonds. The minimum atomic E-state index is -4.47. The summed E-state index contributed by atoms with van der Waals surface area (Å²) in [4.78, 5) is 23.5. The summed E-state index contributed by atoms with van der Waals surface area (Å²) in [7, 11) is 0. The van der Waals surface area contributed by atoms with E-state index in [1.807, 2.05) is 0 Å². The highest BCUT2D eigenvalue weighted by Gasteiger charge is 2.42. The fourth-order valence-corrected chi connectivity index (χ4v) is 2.38. The second-order valence-corrected chi connectivity index (χ2v) is 4.70. The first kappa shape index (κ1) is 15.3. The first-order valence-electron chi connectivity index (χ1n) is 6.46. The number of nitrogens with one attached hydrogen (secondary N) is 1. The van der Waals surface area contributed by atoms with Gasteiger partial charge in [-0.25, -0.2) is 0 Å².